The molecule has 0 aliphatic carbocycles. The predicted octanol–water partition coefficient (Wildman–Crippen LogP) is 3.53. The van der Waals surface area contributed by atoms with Gasteiger partial charge in [-0.25, -0.2) is 0 Å². The van der Waals surface area contributed by atoms with Crippen molar-refractivity contribution in [3.8, 4) is 11.1 Å². The Morgan fingerprint density at radius 2 is 2.00 bits per heavy atom. The van der Waals surface area contributed by atoms with Gasteiger partial charge in [0, 0.05) is 30.1 Å². The summed E-state index contributed by atoms with van der Waals surface area (Å²) < 4.78 is 5.63. The first-order valence-corrected chi connectivity index (χ1v) is 7.43. The molecule has 1 aliphatic rings. The van der Waals surface area contributed by atoms with Crippen LogP contribution in [0.5, 0.6) is 0 Å². The Balaban J connectivity index is 1.95. The third kappa shape index (κ3) is 2.74. The van der Waals surface area contributed by atoms with E-state index in [0.29, 0.717) is 13.0 Å². The lowest BCUT2D eigenvalue weighted by Crippen LogP contribution is -2.17. The lowest BCUT2D eigenvalue weighted by atomic mass is 9.94. The number of nitrogens with zero attached hydrogens (tertiary/aromatic N) is 1. The van der Waals surface area contributed by atoms with Gasteiger partial charge < -0.3 is 9.84 Å². The maximum absolute atomic E-state index is 11.3. The molecule has 0 spiro atoms. The number of aromatic nitrogens is 1. The SMILES string of the molecule is Cc1ccc(-c2cncc([C@@H]3OCC[C@H]3C(=O)O)c2)cc1C. The van der Waals surface area contributed by atoms with E-state index in [0.717, 1.165) is 16.7 Å². The van der Waals surface area contributed by atoms with E-state index in [2.05, 4.69) is 37.0 Å². The van der Waals surface area contributed by atoms with Crippen molar-refractivity contribution < 1.29 is 14.6 Å². The third-order valence-electron chi connectivity index (χ3n) is 4.34. The van der Waals surface area contributed by atoms with E-state index in [1.807, 2.05) is 6.07 Å². The molecule has 22 heavy (non-hydrogen) atoms. The molecule has 0 amide bonds. The summed E-state index contributed by atoms with van der Waals surface area (Å²) in [5.41, 5.74) is 5.38. The molecule has 1 aromatic carbocycles. The highest BCUT2D eigenvalue weighted by atomic mass is 16.5. The number of aliphatic carboxylic acids is 1. The minimum atomic E-state index is -0.806. The molecule has 2 heterocycles. The fourth-order valence-electron chi connectivity index (χ4n) is 2.86. The van der Waals surface area contributed by atoms with Crippen LogP contribution in [-0.4, -0.2) is 22.7 Å². The number of carboxylic acids is 1. The predicted molar refractivity (Wildman–Crippen MR) is 83.6 cm³/mol. The molecular weight excluding hydrogens is 278 g/mol. The van der Waals surface area contributed by atoms with Crippen molar-refractivity contribution in [2.45, 2.75) is 26.4 Å². The van der Waals surface area contributed by atoms with Crippen molar-refractivity contribution in [2.75, 3.05) is 6.61 Å². The molecule has 1 fully saturated rings. The summed E-state index contributed by atoms with van der Waals surface area (Å²) in [6.45, 7) is 4.64. The minimum absolute atomic E-state index is 0.406. The van der Waals surface area contributed by atoms with Crippen molar-refractivity contribution in [3.63, 3.8) is 0 Å². The molecular formula is C18H19NO3. The molecule has 1 N–H and O–H groups in total. The second-order valence-electron chi connectivity index (χ2n) is 5.83. The molecule has 2 atom stereocenters. The molecule has 4 heteroatoms. The highest BCUT2D eigenvalue weighted by molar-refractivity contribution is 5.72. The van der Waals surface area contributed by atoms with Crippen molar-refractivity contribution in [3.05, 3.63) is 53.3 Å². The van der Waals surface area contributed by atoms with Gasteiger partial charge in [0.25, 0.3) is 0 Å². The molecule has 0 unspecified atom stereocenters. The second-order valence-corrected chi connectivity index (χ2v) is 5.83. The quantitative estimate of drug-likeness (QED) is 0.941. The zero-order valence-corrected chi connectivity index (χ0v) is 12.7. The van der Waals surface area contributed by atoms with E-state index in [4.69, 9.17) is 4.74 Å². The number of benzene rings is 1. The van der Waals surface area contributed by atoms with Crippen LogP contribution in [0.15, 0.2) is 36.7 Å². The van der Waals surface area contributed by atoms with Gasteiger partial charge in [-0.2, -0.15) is 0 Å². The summed E-state index contributed by atoms with van der Waals surface area (Å²) in [4.78, 5) is 15.6. The fraction of sp³-hybridized carbons (Fsp3) is 0.333. The van der Waals surface area contributed by atoms with E-state index in [9.17, 15) is 9.90 Å². The second kappa shape index (κ2) is 5.89. The number of carboxylic acid groups (broad SMARTS) is 1. The topological polar surface area (TPSA) is 59.4 Å². The number of hydrogen-bond donors (Lipinski definition) is 1. The number of carbonyl (C=O) groups is 1. The zero-order chi connectivity index (χ0) is 15.7. The first-order chi connectivity index (χ1) is 10.6. The molecule has 3 rings (SSSR count). The van der Waals surface area contributed by atoms with Crippen LogP contribution in [0.2, 0.25) is 0 Å². The van der Waals surface area contributed by atoms with Crippen LogP contribution in [0.25, 0.3) is 11.1 Å². The Kier molecular flexibility index (Phi) is 3.94. The van der Waals surface area contributed by atoms with E-state index in [1.165, 1.54) is 11.1 Å². The van der Waals surface area contributed by atoms with Gasteiger partial charge in [0.2, 0.25) is 0 Å². The fourth-order valence-corrected chi connectivity index (χ4v) is 2.86. The number of hydrogen-bond acceptors (Lipinski definition) is 3. The first-order valence-electron chi connectivity index (χ1n) is 7.43. The number of pyridine rings is 1. The Morgan fingerprint density at radius 3 is 2.73 bits per heavy atom. The third-order valence-corrected chi connectivity index (χ3v) is 4.34. The van der Waals surface area contributed by atoms with Gasteiger partial charge in [-0.3, -0.25) is 9.78 Å². The van der Waals surface area contributed by atoms with Crippen LogP contribution in [-0.2, 0) is 9.53 Å². The van der Waals surface area contributed by atoms with Crippen LogP contribution in [0.1, 0.15) is 29.2 Å². The highest BCUT2D eigenvalue weighted by Crippen LogP contribution is 2.35. The van der Waals surface area contributed by atoms with E-state index in [1.54, 1.807) is 12.4 Å². The van der Waals surface area contributed by atoms with Crippen molar-refractivity contribution in [2.24, 2.45) is 5.92 Å². The zero-order valence-electron chi connectivity index (χ0n) is 12.7. The summed E-state index contributed by atoms with van der Waals surface area (Å²) in [6.07, 6.45) is 3.65. The summed E-state index contributed by atoms with van der Waals surface area (Å²) in [5.74, 6) is -1.30. The maximum Gasteiger partial charge on any atom is 0.309 e. The Labute approximate surface area is 129 Å². The van der Waals surface area contributed by atoms with Crippen molar-refractivity contribution in [1.82, 2.24) is 4.98 Å². The smallest absolute Gasteiger partial charge is 0.309 e. The van der Waals surface area contributed by atoms with Gasteiger partial charge >= 0.3 is 5.97 Å². The van der Waals surface area contributed by atoms with Gasteiger partial charge in [-0.05, 0) is 43.0 Å². The van der Waals surface area contributed by atoms with E-state index >= 15 is 0 Å². The number of aryl methyl sites for hydroxylation is 2. The van der Waals surface area contributed by atoms with Crippen LogP contribution in [0.3, 0.4) is 0 Å². The molecule has 1 aromatic heterocycles. The van der Waals surface area contributed by atoms with E-state index < -0.39 is 18.0 Å². The maximum atomic E-state index is 11.3. The standard InChI is InChI=1S/C18H19NO3/c1-11-3-4-13(7-12(11)2)14-8-15(10-19-9-14)17-16(18(20)21)5-6-22-17/h3-4,7-10,16-17H,5-6H2,1-2H3,(H,20,21)/t16-,17+/m1/s1. The summed E-state index contributed by atoms with van der Waals surface area (Å²) in [5, 5.41) is 9.30. The van der Waals surface area contributed by atoms with Crippen LogP contribution < -0.4 is 0 Å². The summed E-state index contributed by atoms with van der Waals surface area (Å²) in [7, 11) is 0. The Morgan fingerprint density at radius 1 is 1.18 bits per heavy atom. The average Bonchev–Trinajstić information content (AvgIpc) is 3.00. The first kappa shape index (κ1) is 14.7. The largest absolute Gasteiger partial charge is 0.481 e. The van der Waals surface area contributed by atoms with Gasteiger partial charge in [0.1, 0.15) is 0 Å². The monoisotopic (exact) mass is 297 g/mol. The summed E-state index contributed by atoms with van der Waals surface area (Å²) >= 11 is 0. The molecule has 0 radical (unpaired) electrons. The Hall–Kier alpha value is -2.20. The molecule has 0 bridgehead atoms. The van der Waals surface area contributed by atoms with Crippen LogP contribution in [0, 0.1) is 19.8 Å². The van der Waals surface area contributed by atoms with Crippen molar-refractivity contribution >= 4 is 5.97 Å². The van der Waals surface area contributed by atoms with Gasteiger partial charge in [-0.1, -0.05) is 18.2 Å². The minimum Gasteiger partial charge on any atom is -0.481 e. The van der Waals surface area contributed by atoms with Crippen molar-refractivity contribution in [1.29, 1.82) is 0 Å². The summed E-state index contributed by atoms with van der Waals surface area (Å²) in [6, 6.07) is 8.26. The van der Waals surface area contributed by atoms with Gasteiger partial charge in [0.15, 0.2) is 0 Å². The highest BCUT2D eigenvalue weighted by Gasteiger charge is 2.35. The Bertz CT molecular complexity index is 711. The van der Waals surface area contributed by atoms with Gasteiger partial charge in [0.05, 0.1) is 12.0 Å². The molecule has 1 saturated heterocycles. The lowest BCUT2D eigenvalue weighted by molar-refractivity contribution is -0.143. The molecule has 2 aromatic rings. The van der Waals surface area contributed by atoms with Crippen LogP contribution >= 0.6 is 0 Å². The number of rotatable bonds is 3. The van der Waals surface area contributed by atoms with Gasteiger partial charge in [-0.15, -0.1) is 0 Å². The molecule has 114 valence electrons. The van der Waals surface area contributed by atoms with Crippen LogP contribution in [0.4, 0.5) is 0 Å². The average molecular weight is 297 g/mol. The molecule has 0 saturated carbocycles. The normalized spacial score (nSPS) is 21.0. The van der Waals surface area contributed by atoms with E-state index in [-0.39, 0.29) is 0 Å². The molecule has 1 aliphatic heterocycles. The molecule has 4 nitrogen and oxygen atoms in total. The lowest BCUT2D eigenvalue weighted by Gasteiger charge is -2.16. The number of ether oxygens (including phenoxy) is 1.